The molecule has 2 rings (SSSR count). The van der Waals surface area contributed by atoms with Gasteiger partial charge in [0, 0.05) is 11.5 Å². The largest absolute Gasteiger partial charge is 0.493 e. The van der Waals surface area contributed by atoms with Crippen molar-refractivity contribution in [3.8, 4) is 28.7 Å². The van der Waals surface area contributed by atoms with Crippen LogP contribution in [-0.4, -0.2) is 41.5 Å². The van der Waals surface area contributed by atoms with Gasteiger partial charge in [-0.25, -0.2) is 4.79 Å². The van der Waals surface area contributed by atoms with Crippen molar-refractivity contribution in [1.29, 1.82) is 0 Å². The zero-order chi connectivity index (χ0) is 20.2. The van der Waals surface area contributed by atoms with Gasteiger partial charge in [-0.05, 0) is 18.9 Å². The van der Waals surface area contributed by atoms with Crippen LogP contribution in [0.5, 0.6) is 17.2 Å². The van der Waals surface area contributed by atoms with E-state index < -0.39 is 14.0 Å². The van der Waals surface area contributed by atoms with Gasteiger partial charge in [-0.1, -0.05) is 38.2 Å². The summed E-state index contributed by atoms with van der Waals surface area (Å²) in [6, 6.07) is 1.58. The third kappa shape index (κ3) is 5.07. The molecule has 0 bridgehead atoms. The number of hydrogen-bond acceptors (Lipinski definition) is 5. The molecule has 0 radical (unpaired) electrons. The van der Waals surface area contributed by atoms with Gasteiger partial charge >= 0.3 is 5.97 Å². The minimum absolute atomic E-state index is 0.262. The summed E-state index contributed by atoms with van der Waals surface area (Å²) in [5.41, 5.74) is 4.22. The molecule has 0 spiro atoms. The number of rotatable bonds is 7. The summed E-state index contributed by atoms with van der Waals surface area (Å²) in [6.07, 6.45) is 3.45. The van der Waals surface area contributed by atoms with Crippen LogP contribution in [0.1, 0.15) is 28.8 Å². The predicted molar refractivity (Wildman–Crippen MR) is 109 cm³/mol. The monoisotopic (exact) mass is 388 g/mol. The lowest BCUT2D eigenvalue weighted by Gasteiger charge is -2.21. The van der Waals surface area contributed by atoms with Crippen molar-refractivity contribution in [2.75, 3.05) is 21.3 Å². The molecule has 1 atom stereocenters. The van der Waals surface area contributed by atoms with E-state index in [1.54, 1.807) is 12.1 Å². The molecule has 27 heavy (non-hydrogen) atoms. The average Bonchev–Trinajstić information content (AvgIpc) is 3.47. The van der Waals surface area contributed by atoms with Crippen molar-refractivity contribution in [3.05, 3.63) is 23.8 Å². The molecule has 146 valence electrons. The highest BCUT2D eigenvalue weighted by molar-refractivity contribution is 6.83. The fourth-order valence-corrected chi connectivity index (χ4v) is 3.21. The van der Waals surface area contributed by atoms with Crippen LogP contribution < -0.4 is 14.2 Å². The lowest BCUT2D eigenvalue weighted by Crippen LogP contribution is -2.22. The van der Waals surface area contributed by atoms with Gasteiger partial charge in [0.05, 0.1) is 26.9 Å². The summed E-state index contributed by atoms with van der Waals surface area (Å²) in [6.45, 7) is 10.4. The molecule has 1 fully saturated rings. The van der Waals surface area contributed by atoms with Crippen LogP contribution in [0.25, 0.3) is 6.08 Å². The lowest BCUT2D eigenvalue weighted by atomic mass is 10.0. The standard InChI is InChI=1S/C21H28O5Si/c1-8-15-16(21(22)25-4)13-18(23-2)20(24-3)19(15)26-17(14-9-10-14)11-12-27(5,6)7/h8,13-14,17H,1,9-10H2,2-7H3/t17-/m1/s1. The van der Waals surface area contributed by atoms with Gasteiger partial charge in [0.2, 0.25) is 5.75 Å². The summed E-state index contributed by atoms with van der Waals surface area (Å²) in [5.74, 6) is 4.42. The van der Waals surface area contributed by atoms with E-state index in [0.29, 0.717) is 34.3 Å². The van der Waals surface area contributed by atoms with Gasteiger partial charge in [-0.3, -0.25) is 0 Å². The molecule has 1 aliphatic rings. The average molecular weight is 389 g/mol. The Morgan fingerprint density at radius 3 is 2.33 bits per heavy atom. The van der Waals surface area contributed by atoms with E-state index in [1.165, 1.54) is 21.3 Å². The van der Waals surface area contributed by atoms with Crippen LogP contribution in [0.4, 0.5) is 0 Å². The predicted octanol–water partition coefficient (Wildman–Crippen LogP) is 4.17. The van der Waals surface area contributed by atoms with Crippen LogP contribution in [0.15, 0.2) is 12.6 Å². The van der Waals surface area contributed by atoms with Gasteiger partial charge in [0.25, 0.3) is 0 Å². The number of hydrogen-bond donors (Lipinski definition) is 0. The minimum Gasteiger partial charge on any atom is -0.493 e. The van der Waals surface area contributed by atoms with Gasteiger partial charge in [-0.2, -0.15) is 0 Å². The van der Waals surface area contributed by atoms with Crippen molar-refractivity contribution in [2.24, 2.45) is 5.92 Å². The Labute approximate surface area is 162 Å². The molecule has 5 nitrogen and oxygen atoms in total. The summed E-state index contributed by atoms with van der Waals surface area (Å²) in [4.78, 5) is 12.3. The van der Waals surface area contributed by atoms with Crippen molar-refractivity contribution in [2.45, 2.75) is 38.6 Å². The van der Waals surface area contributed by atoms with Crippen LogP contribution in [0.2, 0.25) is 19.6 Å². The number of esters is 1. The maximum atomic E-state index is 12.3. The summed E-state index contributed by atoms with van der Waals surface area (Å²) in [5, 5.41) is 0. The molecule has 1 aliphatic carbocycles. The van der Waals surface area contributed by atoms with Crippen LogP contribution in [0.3, 0.4) is 0 Å². The van der Waals surface area contributed by atoms with E-state index in [-0.39, 0.29) is 6.10 Å². The topological polar surface area (TPSA) is 54.0 Å². The van der Waals surface area contributed by atoms with E-state index in [0.717, 1.165) is 12.8 Å². The molecule has 0 saturated heterocycles. The molecule has 0 unspecified atom stereocenters. The van der Waals surface area contributed by atoms with E-state index in [4.69, 9.17) is 18.9 Å². The highest BCUT2D eigenvalue weighted by Crippen LogP contribution is 2.45. The first-order valence-electron chi connectivity index (χ1n) is 8.94. The molecule has 1 aromatic carbocycles. The quantitative estimate of drug-likeness (QED) is 0.399. The number of methoxy groups -OCH3 is 3. The summed E-state index contributed by atoms with van der Waals surface area (Å²) < 4.78 is 22.2. The third-order valence-electron chi connectivity index (χ3n) is 4.16. The first kappa shape index (κ1) is 20.9. The van der Waals surface area contributed by atoms with Crippen molar-refractivity contribution >= 4 is 20.1 Å². The second-order valence-electron chi connectivity index (χ2n) is 7.49. The number of carbonyl (C=O) groups is 1. The van der Waals surface area contributed by atoms with Gasteiger partial charge in [0.15, 0.2) is 17.6 Å². The van der Waals surface area contributed by atoms with Crippen molar-refractivity contribution < 1.29 is 23.7 Å². The van der Waals surface area contributed by atoms with E-state index in [9.17, 15) is 4.79 Å². The smallest absolute Gasteiger partial charge is 0.338 e. The van der Waals surface area contributed by atoms with Crippen molar-refractivity contribution in [1.82, 2.24) is 0 Å². The maximum absolute atomic E-state index is 12.3. The van der Waals surface area contributed by atoms with Crippen molar-refractivity contribution in [3.63, 3.8) is 0 Å². The Kier molecular flexibility index (Phi) is 6.61. The minimum atomic E-state index is -1.54. The van der Waals surface area contributed by atoms with Crippen LogP contribution in [-0.2, 0) is 4.74 Å². The fraction of sp³-hybridized carbons (Fsp3) is 0.476. The Morgan fingerprint density at radius 2 is 1.89 bits per heavy atom. The Hall–Kier alpha value is -2.39. The first-order valence-corrected chi connectivity index (χ1v) is 12.4. The summed E-state index contributed by atoms with van der Waals surface area (Å²) in [7, 11) is 2.84. The molecular formula is C21H28O5Si. The first-order chi connectivity index (χ1) is 12.8. The SMILES string of the molecule is C=Cc1c(C(=O)OC)cc(OC)c(OC)c1O[C@H](C#C[Si](C)(C)C)C1CC1. The Balaban J connectivity index is 2.59. The molecule has 6 heteroatoms. The highest BCUT2D eigenvalue weighted by Gasteiger charge is 2.34. The molecule has 1 saturated carbocycles. The molecule has 0 aliphatic heterocycles. The number of carbonyl (C=O) groups excluding carboxylic acids is 1. The van der Waals surface area contributed by atoms with Gasteiger partial charge in [-0.15, -0.1) is 5.54 Å². The molecule has 0 N–H and O–H groups in total. The lowest BCUT2D eigenvalue weighted by molar-refractivity contribution is 0.0599. The molecule has 0 amide bonds. The third-order valence-corrected chi connectivity index (χ3v) is 5.05. The fourth-order valence-electron chi connectivity index (χ4n) is 2.63. The van der Waals surface area contributed by atoms with Gasteiger partial charge in [0.1, 0.15) is 8.07 Å². The maximum Gasteiger partial charge on any atom is 0.338 e. The zero-order valence-corrected chi connectivity index (χ0v) is 18.0. The number of ether oxygens (including phenoxy) is 4. The molecular weight excluding hydrogens is 360 g/mol. The highest BCUT2D eigenvalue weighted by atomic mass is 28.3. The van der Waals surface area contributed by atoms with Crippen LogP contribution >= 0.6 is 0 Å². The molecule has 0 heterocycles. The normalized spacial score (nSPS) is 14.4. The Morgan fingerprint density at radius 1 is 1.22 bits per heavy atom. The second-order valence-corrected chi connectivity index (χ2v) is 12.2. The van der Waals surface area contributed by atoms with Gasteiger partial charge < -0.3 is 18.9 Å². The number of benzene rings is 1. The van der Waals surface area contributed by atoms with E-state index in [1.807, 2.05) is 0 Å². The zero-order valence-electron chi connectivity index (χ0n) is 17.0. The molecule has 0 aromatic heterocycles. The molecule has 1 aromatic rings. The summed E-state index contributed by atoms with van der Waals surface area (Å²) >= 11 is 0. The van der Waals surface area contributed by atoms with Crippen LogP contribution in [0, 0.1) is 17.4 Å². The van der Waals surface area contributed by atoms with E-state index >= 15 is 0 Å². The Bertz CT molecular complexity index is 778. The van der Waals surface area contributed by atoms with E-state index in [2.05, 4.69) is 37.7 Å². The second kappa shape index (κ2) is 8.53.